The van der Waals surface area contributed by atoms with Crippen LogP contribution in [-0.2, 0) is 32.6 Å². The summed E-state index contributed by atoms with van der Waals surface area (Å²) in [5, 5.41) is 3.26. The minimum absolute atomic E-state index is 0.0340. The van der Waals surface area contributed by atoms with Gasteiger partial charge in [0.1, 0.15) is 24.2 Å². The topological polar surface area (TPSA) is 96.0 Å². The zero-order valence-corrected chi connectivity index (χ0v) is 28.5. The number of anilines is 1. The highest BCUT2D eigenvalue weighted by molar-refractivity contribution is 7.92. The van der Waals surface area contributed by atoms with Gasteiger partial charge in [-0.15, -0.1) is 0 Å². The van der Waals surface area contributed by atoms with Crippen molar-refractivity contribution in [2.24, 2.45) is 0 Å². The van der Waals surface area contributed by atoms with Crippen molar-refractivity contribution in [2.45, 2.75) is 62.6 Å². The fourth-order valence-electron chi connectivity index (χ4n) is 5.91. The predicted molar refractivity (Wildman–Crippen MR) is 185 cm³/mol. The van der Waals surface area contributed by atoms with Gasteiger partial charge in [0, 0.05) is 24.6 Å². The summed E-state index contributed by atoms with van der Waals surface area (Å²) in [5.74, 6) is -1.29. The molecule has 48 heavy (non-hydrogen) atoms. The standard InChI is InChI=1S/C37H39ClFN3O5S/c1-26-16-19-31(20-17-26)48(45,46)42(30-18-21-35(47-2)32(38)23-30)25-36(43)41(24-28-12-6-9-15-33(28)39)34(22-27-10-4-3-5-11-27)37(44)40-29-13-7-8-14-29/h3-6,9-12,15-21,23,29,34H,7-8,13-14,22,24-25H2,1-2H3,(H,40,44)/t34-/m0/s1. The highest BCUT2D eigenvalue weighted by Crippen LogP contribution is 2.32. The van der Waals surface area contributed by atoms with Crippen molar-refractivity contribution in [3.05, 3.63) is 125 Å². The van der Waals surface area contributed by atoms with Crippen LogP contribution in [0.2, 0.25) is 5.02 Å². The summed E-state index contributed by atoms with van der Waals surface area (Å²) in [5.41, 5.74) is 1.97. The fraction of sp³-hybridized carbons (Fsp3) is 0.297. The number of amides is 2. The van der Waals surface area contributed by atoms with Crippen LogP contribution in [-0.4, -0.2) is 50.9 Å². The number of halogens is 2. The van der Waals surface area contributed by atoms with Crippen LogP contribution < -0.4 is 14.4 Å². The van der Waals surface area contributed by atoms with Crippen LogP contribution in [0.3, 0.4) is 0 Å². The molecule has 0 saturated heterocycles. The molecule has 1 fully saturated rings. The molecule has 1 aliphatic rings. The molecule has 0 bridgehead atoms. The Kier molecular flexibility index (Phi) is 11.4. The van der Waals surface area contributed by atoms with Gasteiger partial charge in [-0.1, -0.05) is 90.7 Å². The van der Waals surface area contributed by atoms with Crippen molar-refractivity contribution in [3.63, 3.8) is 0 Å². The van der Waals surface area contributed by atoms with E-state index in [0.29, 0.717) is 5.75 Å². The van der Waals surface area contributed by atoms with Crippen LogP contribution in [0.4, 0.5) is 10.1 Å². The molecule has 0 aromatic heterocycles. The first-order valence-electron chi connectivity index (χ1n) is 15.9. The van der Waals surface area contributed by atoms with Crippen molar-refractivity contribution in [3.8, 4) is 5.75 Å². The van der Waals surface area contributed by atoms with Crippen molar-refractivity contribution in [1.29, 1.82) is 0 Å². The van der Waals surface area contributed by atoms with Gasteiger partial charge in [-0.05, 0) is 61.7 Å². The van der Waals surface area contributed by atoms with Gasteiger partial charge >= 0.3 is 0 Å². The summed E-state index contributed by atoms with van der Waals surface area (Å²) in [4.78, 5) is 30.0. The van der Waals surface area contributed by atoms with Crippen molar-refractivity contribution in [2.75, 3.05) is 18.0 Å². The molecule has 1 atom stereocenters. The number of hydrogen-bond donors (Lipinski definition) is 1. The monoisotopic (exact) mass is 691 g/mol. The third-order valence-electron chi connectivity index (χ3n) is 8.58. The highest BCUT2D eigenvalue weighted by Gasteiger charge is 2.36. The van der Waals surface area contributed by atoms with Crippen molar-refractivity contribution in [1.82, 2.24) is 10.2 Å². The van der Waals surface area contributed by atoms with Gasteiger partial charge in [0.05, 0.1) is 22.7 Å². The molecule has 1 N–H and O–H groups in total. The highest BCUT2D eigenvalue weighted by atomic mass is 35.5. The maximum atomic E-state index is 15.1. The zero-order chi connectivity index (χ0) is 34.3. The molecule has 0 unspecified atom stereocenters. The molecule has 4 aromatic carbocycles. The number of hydrogen-bond acceptors (Lipinski definition) is 5. The van der Waals surface area contributed by atoms with E-state index in [1.54, 1.807) is 30.3 Å². The normalized spacial score (nSPS) is 13.9. The van der Waals surface area contributed by atoms with E-state index in [-0.39, 0.29) is 46.1 Å². The van der Waals surface area contributed by atoms with Gasteiger partial charge in [-0.3, -0.25) is 13.9 Å². The predicted octanol–water partition coefficient (Wildman–Crippen LogP) is 6.69. The number of methoxy groups -OCH3 is 1. The van der Waals surface area contributed by atoms with Crippen molar-refractivity contribution >= 4 is 39.1 Å². The zero-order valence-electron chi connectivity index (χ0n) is 26.9. The molecule has 4 aromatic rings. The van der Waals surface area contributed by atoms with E-state index in [9.17, 15) is 18.0 Å². The Morgan fingerprint density at radius 2 is 1.62 bits per heavy atom. The Morgan fingerprint density at radius 1 is 0.958 bits per heavy atom. The van der Waals surface area contributed by atoms with Crippen LogP contribution in [0.25, 0.3) is 0 Å². The van der Waals surface area contributed by atoms with E-state index < -0.39 is 34.3 Å². The minimum Gasteiger partial charge on any atom is -0.495 e. The van der Waals surface area contributed by atoms with Crippen LogP contribution in [0, 0.1) is 12.7 Å². The Balaban J connectivity index is 1.59. The average molecular weight is 692 g/mol. The van der Waals surface area contributed by atoms with Crippen LogP contribution in [0.5, 0.6) is 5.75 Å². The van der Waals surface area contributed by atoms with Gasteiger partial charge in [0.15, 0.2) is 0 Å². The third kappa shape index (κ3) is 8.35. The second-order valence-corrected chi connectivity index (χ2v) is 14.2. The molecule has 0 aliphatic heterocycles. The number of carbonyl (C=O) groups is 2. The molecular weight excluding hydrogens is 653 g/mol. The smallest absolute Gasteiger partial charge is 0.264 e. The number of ether oxygens (including phenoxy) is 1. The van der Waals surface area contributed by atoms with Crippen molar-refractivity contribution < 1.29 is 27.1 Å². The largest absolute Gasteiger partial charge is 0.495 e. The number of sulfonamides is 1. The molecular formula is C37H39ClFN3O5S. The summed E-state index contributed by atoms with van der Waals surface area (Å²) >= 11 is 6.44. The van der Waals surface area contributed by atoms with Gasteiger partial charge in [0.25, 0.3) is 10.0 Å². The van der Waals surface area contributed by atoms with E-state index in [0.717, 1.165) is 41.1 Å². The summed E-state index contributed by atoms with van der Waals surface area (Å²) in [6.45, 7) is 0.892. The first-order chi connectivity index (χ1) is 23.1. The summed E-state index contributed by atoms with van der Waals surface area (Å²) in [7, 11) is -2.89. The molecule has 8 nitrogen and oxygen atoms in total. The van der Waals surface area contributed by atoms with E-state index in [1.165, 1.54) is 48.4 Å². The Morgan fingerprint density at radius 3 is 2.27 bits per heavy atom. The summed E-state index contributed by atoms with van der Waals surface area (Å²) < 4.78 is 49.9. The lowest BCUT2D eigenvalue weighted by molar-refractivity contribution is -0.140. The second-order valence-electron chi connectivity index (χ2n) is 12.0. The summed E-state index contributed by atoms with van der Waals surface area (Å²) in [6, 6.07) is 24.9. The quantitative estimate of drug-likeness (QED) is 0.169. The lowest BCUT2D eigenvalue weighted by atomic mass is 10.0. The maximum absolute atomic E-state index is 15.1. The average Bonchev–Trinajstić information content (AvgIpc) is 3.59. The van der Waals surface area contributed by atoms with Crippen LogP contribution in [0.15, 0.2) is 102 Å². The second kappa shape index (κ2) is 15.7. The number of benzene rings is 4. The van der Waals surface area contributed by atoms with Gasteiger partial charge < -0.3 is 15.0 Å². The van der Waals surface area contributed by atoms with Gasteiger partial charge in [-0.2, -0.15) is 0 Å². The number of carbonyl (C=O) groups excluding carboxylic acids is 2. The Hall–Kier alpha value is -4.41. The van der Waals surface area contributed by atoms with E-state index in [1.807, 2.05) is 37.3 Å². The molecule has 252 valence electrons. The number of nitrogens with zero attached hydrogens (tertiary/aromatic N) is 2. The van der Waals surface area contributed by atoms with E-state index >= 15 is 4.39 Å². The molecule has 0 radical (unpaired) electrons. The summed E-state index contributed by atoms with van der Waals surface area (Å²) in [6.07, 6.45) is 3.77. The van der Waals surface area contributed by atoms with Gasteiger partial charge in [-0.25, -0.2) is 12.8 Å². The Bertz CT molecular complexity index is 1830. The minimum atomic E-state index is -4.33. The molecule has 11 heteroatoms. The van der Waals surface area contributed by atoms with E-state index in [2.05, 4.69) is 5.32 Å². The first kappa shape index (κ1) is 34.9. The molecule has 1 aliphatic carbocycles. The molecule has 2 amide bonds. The number of rotatable bonds is 13. The SMILES string of the molecule is COc1ccc(N(CC(=O)N(Cc2ccccc2F)[C@@H](Cc2ccccc2)C(=O)NC2CCCC2)S(=O)(=O)c2ccc(C)cc2)cc1Cl. The Labute approximate surface area is 286 Å². The molecule has 0 heterocycles. The van der Waals surface area contributed by atoms with Crippen LogP contribution >= 0.6 is 11.6 Å². The third-order valence-corrected chi connectivity index (χ3v) is 10.7. The first-order valence-corrected chi connectivity index (χ1v) is 17.7. The number of nitrogens with one attached hydrogen (secondary N) is 1. The molecule has 1 saturated carbocycles. The van der Waals surface area contributed by atoms with Crippen LogP contribution in [0.1, 0.15) is 42.4 Å². The molecule has 0 spiro atoms. The maximum Gasteiger partial charge on any atom is 0.264 e. The number of aryl methyl sites for hydroxylation is 1. The fourth-order valence-corrected chi connectivity index (χ4v) is 7.57. The lowest BCUT2D eigenvalue weighted by Crippen LogP contribution is -2.54. The van der Waals surface area contributed by atoms with E-state index in [4.69, 9.17) is 16.3 Å². The van der Waals surface area contributed by atoms with Gasteiger partial charge in [0.2, 0.25) is 11.8 Å². The molecule has 5 rings (SSSR count). The lowest BCUT2D eigenvalue weighted by Gasteiger charge is -2.34.